The Balaban J connectivity index is 4.13. The van der Waals surface area contributed by atoms with Crippen molar-refractivity contribution in [3.05, 3.63) is 0 Å². The molecule has 0 rings (SSSR count). The fourth-order valence-electron chi connectivity index (χ4n) is 0.638. The van der Waals surface area contributed by atoms with Gasteiger partial charge in [0.15, 0.2) is 0 Å². The zero-order chi connectivity index (χ0) is 11.3. The normalized spacial score (nSPS) is 9.71. The molecule has 0 saturated heterocycles. The van der Waals surface area contributed by atoms with Gasteiger partial charge in [-0.05, 0) is 13.8 Å². The summed E-state index contributed by atoms with van der Waals surface area (Å²) in [6.07, 6.45) is 0. The maximum absolute atomic E-state index is 11.3. The van der Waals surface area contributed by atoms with Crippen LogP contribution in [-0.4, -0.2) is 41.3 Å². The van der Waals surface area contributed by atoms with Crippen molar-refractivity contribution in [3.8, 4) is 0 Å². The van der Waals surface area contributed by atoms with Crippen molar-refractivity contribution in [1.82, 2.24) is 10.2 Å². The number of likely N-dealkylation sites (N-methyl/N-ethyl adjacent to an activating group) is 1. The molecule has 0 aliphatic carbocycles. The van der Waals surface area contributed by atoms with Gasteiger partial charge in [-0.25, -0.2) is 0 Å². The molecule has 14 heavy (non-hydrogen) atoms. The summed E-state index contributed by atoms with van der Waals surface area (Å²) >= 11 is 4.56. The van der Waals surface area contributed by atoms with Crippen LogP contribution in [0.3, 0.4) is 0 Å². The van der Waals surface area contributed by atoms with Crippen molar-refractivity contribution >= 4 is 29.0 Å². The molecule has 0 unspecified atom stereocenters. The zero-order valence-electron chi connectivity index (χ0n) is 8.53. The monoisotopic (exact) mass is 217 g/mol. The van der Waals surface area contributed by atoms with E-state index in [9.17, 15) is 9.59 Å². The Labute approximate surface area is 88.6 Å². The quantitative estimate of drug-likeness (QED) is 0.482. The van der Waals surface area contributed by atoms with Crippen LogP contribution in [0.15, 0.2) is 0 Å². The number of hydrogen-bond acceptors (Lipinski definition) is 3. The van der Waals surface area contributed by atoms with Crippen LogP contribution >= 0.6 is 12.2 Å². The number of amides is 2. The average molecular weight is 217 g/mol. The van der Waals surface area contributed by atoms with Gasteiger partial charge in [0.2, 0.25) is 0 Å². The molecule has 2 amide bonds. The minimum atomic E-state index is -0.686. The summed E-state index contributed by atoms with van der Waals surface area (Å²) in [7, 11) is 1.56. The smallest absolute Gasteiger partial charge is 0.311 e. The van der Waals surface area contributed by atoms with Gasteiger partial charge in [-0.3, -0.25) is 9.59 Å². The predicted octanol–water partition coefficient (Wildman–Crippen LogP) is -0.744. The summed E-state index contributed by atoms with van der Waals surface area (Å²) in [4.78, 5) is 24.0. The lowest BCUT2D eigenvalue weighted by Gasteiger charge is -2.20. The van der Waals surface area contributed by atoms with Gasteiger partial charge >= 0.3 is 11.8 Å². The maximum atomic E-state index is 11.3. The second kappa shape index (κ2) is 5.54. The Morgan fingerprint density at radius 3 is 2.36 bits per heavy atom. The Bertz CT molecular complexity index is 253. The van der Waals surface area contributed by atoms with Gasteiger partial charge in [0.25, 0.3) is 0 Å². The number of carbonyl (C=O) groups excluding carboxylic acids is 2. The average Bonchev–Trinajstić information content (AvgIpc) is 2.11. The van der Waals surface area contributed by atoms with Crippen molar-refractivity contribution in [2.75, 3.05) is 13.6 Å². The molecule has 0 spiro atoms. The molecule has 0 radical (unpaired) electrons. The van der Waals surface area contributed by atoms with E-state index in [1.54, 1.807) is 7.05 Å². The van der Waals surface area contributed by atoms with E-state index in [0.717, 1.165) is 0 Å². The van der Waals surface area contributed by atoms with Crippen LogP contribution in [0.4, 0.5) is 0 Å². The van der Waals surface area contributed by atoms with E-state index in [4.69, 9.17) is 5.73 Å². The van der Waals surface area contributed by atoms with E-state index in [2.05, 4.69) is 17.5 Å². The summed E-state index contributed by atoms with van der Waals surface area (Å²) in [5, 5.41) is 2.32. The van der Waals surface area contributed by atoms with Gasteiger partial charge in [0.1, 0.15) is 0 Å². The molecule has 0 atom stereocenters. The fourth-order valence-corrected chi connectivity index (χ4v) is 0.710. The minimum absolute atomic E-state index is 0.0157. The number of hydrogen-bond donors (Lipinski definition) is 2. The number of nitrogens with one attached hydrogen (secondary N) is 1. The molecule has 0 heterocycles. The van der Waals surface area contributed by atoms with Crippen LogP contribution in [-0.2, 0) is 9.59 Å². The molecule has 5 nitrogen and oxygen atoms in total. The highest BCUT2D eigenvalue weighted by atomic mass is 32.1. The molecule has 0 aromatic carbocycles. The topological polar surface area (TPSA) is 75.4 Å². The Hall–Kier alpha value is -1.17. The SMILES string of the molecule is CC(C)N(C)C(=O)C(=O)NCC(N)=S. The molecule has 0 aromatic heterocycles. The van der Waals surface area contributed by atoms with E-state index in [0.29, 0.717) is 0 Å². The third-order valence-corrected chi connectivity index (χ3v) is 1.86. The van der Waals surface area contributed by atoms with Gasteiger partial charge in [-0.2, -0.15) is 0 Å². The van der Waals surface area contributed by atoms with Crippen molar-refractivity contribution in [3.63, 3.8) is 0 Å². The second-order valence-electron chi connectivity index (χ2n) is 3.16. The molecule has 0 aromatic rings. The molecule has 0 saturated carbocycles. The van der Waals surface area contributed by atoms with Crippen LogP contribution in [0.2, 0.25) is 0 Å². The highest BCUT2D eigenvalue weighted by molar-refractivity contribution is 7.80. The molecule has 80 valence electrons. The lowest BCUT2D eigenvalue weighted by molar-refractivity contribution is -0.145. The molecule has 0 aliphatic rings. The minimum Gasteiger partial charge on any atom is -0.392 e. The number of rotatable bonds is 3. The predicted molar refractivity (Wildman–Crippen MR) is 57.7 cm³/mol. The van der Waals surface area contributed by atoms with Crippen LogP contribution in [0.5, 0.6) is 0 Å². The Morgan fingerprint density at radius 2 is 2.00 bits per heavy atom. The maximum Gasteiger partial charge on any atom is 0.311 e. The van der Waals surface area contributed by atoms with Crippen LogP contribution in [0.1, 0.15) is 13.8 Å². The van der Waals surface area contributed by atoms with Crippen LogP contribution < -0.4 is 11.1 Å². The number of carbonyl (C=O) groups is 2. The van der Waals surface area contributed by atoms with Crippen molar-refractivity contribution in [2.45, 2.75) is 19.9 Å². The first-order valence-electron chi connectivity index (χ1n) is 4.19. The van der Waals surface area contributed by atoms with Gasteiger partial charge < -0.3 is 16.0 Å². The molecule has 3 N–H and O–H groups in total. The Morgan fingerprint density at radius 1 is 1.50 bits per heavy atom. The largest absolute Gasteiger partial charge is 0.392 e. The van der Waals surface area contributed by atoms with Gasteiger partial charge in [-0.1, -0.05) is 12.2 Å². The summed E-state index contributed by atoms with van der Waals surface area (Å²) in [6, 6.07) is -0.0157. The molecular formula is C8H15N3O2S. The molecule has 6 heteroatoms. The number of nitrogens with zero attached hydrogens (tertiary/aromatic N) is 1. The van der Waals surface area contributed by atoms with Gasteiger partial charge in [0.05, 0.1) is 11.5 Å². The van der Waals surface area contributed by atoms with Crippen molar-refractivity contribution < 1.29 is 9.59 Å². The highest BCUT2D eigenvalue weighted by Crippen LogP contribution is 1.93. The molecule has 0 aliphatic heterocycles. The lowest BCUT2D eigenvalue weighted by Crippen LogP contribution is -2.45. The zero-order valence-corrected chi connectivity index (χ0v) is 9.35. The lowest BCUT2D eigenvalue weighted by atomic mass is 10.3. The number of nitrogens with two attached hydrogens (primary N) is 1. The Kier molecular flexibility index (Phi) is 5.07. The third-order valence-electron chi connectivity index (χ3n) is 1.71. The summed E-state index contributed by atoms with van der Waals surface area (Å²) < 4.78 is 0. The standard InChI is InChI=1S/C8H15N3O2S/c1-5(2)11(3)8(13)7(12)10-4-6(9)14/h5H,4H2,1-3H3,(H2,9,14)(H,10,12). The summed E-state index contributed by atoms with van der Waals surface area (Å²) in [5.41, 5.74) is 5.17. The molecular weight excluding hydrogens is 202 g/mol. The van der Waals surface area contributed by atoms with E-state index in [-0.39, 0.29) is 17.6 Å². The van der Waals surface area contributed by atoms with E-state index in [1.165, 1.54) is 4.90 Å². The van der Waals surface area contributed by atoms with Gasteiger partial charge in [-0.15, -0.1) is 0 Å². The number of thiocarbonyl (C=S) groups is 1. The first kappa shape index (κ1) is 12.8. The molecule has 0 fully saturated rings. The van der Waals surface area contributed by atoms with Gasteiger partial charge in [0, 0.05) is 13.1 Å². The third kappa shape index (κ3) is 4.18. The van der Waals surface area contributed by atoms with E-state index >= 15 is 0 Å². The van der Waals surface area contributed by atoms with Crippen molar-refractivity contribution in [2.24, 2.45) is 5.73 Å². The highest BCUT2D eigenvalue weighted by Gasteiger charge is 2.19. The van der Waals surface area contributed by atoms with E-state index in [1.807, 2.05) is 13.8 Å². The fraction of sp³-hybridized carbons (Fsp3) is 0.625. The van der Waals surface area contributed by atoms with E-state index < -0.39 is 11.8 Å². The van der Waals surface area contributed by atoms with Crippen LogP contribution in [0, 0.1) is 0 Å². The summed E-state index contributed by atoms with van der Waals surface area (Å²) in [5.74, 6) is -1.27. The molecule has 0 bridgehead atoms. The van der Waals surface area contributed by atoms with Crippen molar-refractivity contribution in [1.29, 1.82) is 0 Å². The first-order chi connectivity index (χ1) is 6.36. The summed E-state index contributed by atoms with van der Waals surface area (Å²) in [6.45, 7) is 3.68. The second-order valence-corrected chi connectivity index (χ2v) is 3.68. The first-order valence-corrected chi connectivity index (χ1v) is 4.60. The van der Waals surface area contributed by atoms with Crippen LogP contribution in [0.25, 0.3) is 0 Å².